The molecule has 1 aliphatic heterocycles. The van der Waals surface area contributed by atoms with Gasteiger partial charge in [0.15, 0.2) is 0 Å². The predicted molar refractivity (Wildman–Crippen MR) is 114 cm³/mol. The van der Waals surface area contributed by atoms with E-state index in [2.05, 4.69) is 14.9 Å². The van der Waals surface area contributed by atoms with Gasteiger partial charge in [-0.25, -0.2) is 17.5 Å². The lowest BCUT2D eigenvalue weighted by molar-refractivity contribution is 0.0946. The lowest BCUT2D eigenvalue weighted by Gasteiger charge is -2.26. The van der Waals surface area contributed by atoms with Crippen molar-refractivity contribution in [3.63, 3.8) is 0 Å². The Balaban J connectivity index is 1.61. The molecule has 0 saturated carbocycles. The van der Waals surface area contributed by atoms with Gasteiger partial charge in [0.25, 0.3) is 5.91 Å². The van der Waals surface area contributed by atoms with Crippen LogP contribution in [0.5, 0.6) is 0 Å². The maximum Gasteiger partial charge on any atom is 0.254 e. The Bertz CT molecular complexity index is 972. The van der Waals surface area contributed by atoms with Crippen LogP contribution >= 0.6 is 0 Å². The van der Waals surface area contributed by atoms with Crippen molar-refractivity contribution in [2.24, 2.45) is 0 Å². The van der Waals surface area contributed by atoms with Crippen LogP contribution in [-0.4, -0.2) is 38.9 Å². The standard InChI is InChI=1S/C22H28FN3O3S/c1-2-25-30(28,29)19-10-11-21(23)20(14-19)22(27)24-15-17-6-8-18(9-7-17)16-26-12-4-3-5-13-26/h6-11,14,25H,2-5,12-13,15-16H2,1H3,(H,24,27). The molecule has 162 valence electrons. The minimum atomic E-state index is -3.77. The van der Waals surface area contributed by atoms with Gasteiger partial charge in [0, 0.05) is 19.6 Å². The number of carbonyl (C=O) groups excluding carboxylic acids is 1. The molecule has 0 aromatic heterocycles. The van der Waals surface area contributed by atoms with Gasteiger partial charge < -0.3 is 5.32 Å². The van der Waals surface area contributed by atoms with E-state index in [4.69, 9.17) is 0 Å². The molecule has 0 spiro atoms. The fourth-order valence-corrected chi connectivity index (χ4v) is 4.60. The van der Waals surface area contributed by atoms with Crippen LogP contribution in [-0.2, 0) is 23.1 Å². The van der Waals surface area contributed by atoms with Gasteiger partial charge in [0.05, 0.1) is 10.5 Å². The third-order valence-corrected chi connectivity index (χ3v) is 6.70. The molecule has 2 aromatic rings. The van der Waals surface area contributed by atoms with Gasteiger partial charge in [-0.2, -0.15) is 0 Å². The molecule has 0 atom stereocenters. The number of nitrogens with zero attached hydrogens (tertiary/aromatic N) is 1. The van der Waals surface area contributed by atoms with Crippen molar-refractivity contribution in [2.75, 3.05) is 19.6 Å². The average Bonchev–Trinajstić information content (AvgIpc) is 2.74. The Kier molecular flexibility index (Phi) is 7.58. The fourth-order valence-electron chi connectivity index (χ4n) is 3.53. The van der Waals surface area contributed by atoms with Crippen molar-refractivity contribution in [1.82, 2.24) is 14.9 Å². The summed E-state index contributed by atoms with van der Waals surface area (Å²) in [6.45, 7) is 5.26. The smallest absolute Gasteiger partial charge is 0.254 e. The monoisotopic (exact) mass is 433 g/mol. The zero-order chi connectivity index (χ0) is 21.6. The zero-order valence-electron chi connectivity index (χ0n) is 17.2. The van der Waals surface area contributed by atoms with Crippen LogP contribution in [0.1, 0.15) is 47.7 Å². The number of nitrogens with one attached hydrogen (secondary N) is 2. The highest BCUT2D eigenvalue weighted by molar-refractivity contribution is 7.89. The Hall–Kier alpha value is -2.29. The summed E-state index contributed by atoms with van der Waals surface area (Å²) in [6, 6.07) is 11.2. The minimum absolute atomic E-state index is 0.141. The molecule has 1 heterocycles. The van der Waals surface area contributed by atoms with Crippen molar-refractivity contribution in [3.05, 3.63) is 65.0 Å². The normalized spacial score (nSPS) is 15.1. The van der Waals surface area contributed by atoms with Gasteiger partial charge in [-0.15, -0.1) is 0 Å². The van der Waals surface area contributed by atoms with E-state index in [0.717, 1.165) is 43.4 Å². The van der Waals surface area contributed by atoms with E-state index in [1.165, 1.54) is 24.8 Å². The first-order chi connectivity index (χ1) is 14.4. The molecule has 6 nitrogen and oxygen atoms in total. The summed E-state index contributed by atoms with van der Waals surface area (Å²) in [7, 11) is -3.77. The quantitative estimate of drug-likeness (QED) is 0.671. The largest absolute Gasteiger partial charge is 0.348 e. The van der Waals surface area contributed by atoms with Gasteiger partial charge in [0.2, 0.25) is 10.0 Å². The predicted octanol–water partition coefficient (Wildman–Crippen LogP) is 3.04. The van der Waals surface area contributed by atoms with Gasteiger partial charge in [-0.05, 0) is 55.3 Å². The van der Waals surface area contributed by atoms with E-state index >= 15 is 0 Å². The summed E-state index contributed by atoms with van der Waals surface area (Å²) in [5.41, 5.74) is 1.82. The Morgan fingerprint density at radius 2 is 1.70 bits per heavy atom. The van der Waals surface area contributed by atoms with Crippen LogP contribution in [0.2, 0.25) is 0 Å². The highest BCUT2D eigenvalue weighted by Gasteiger charge is 2.19. The summed E-state index contributed by atoms with van der Waals surface area (Å²) in [5.74, 6) is -1.42. The second-order valence-electron chi connectivity index (χ2n) is 7.48. The number of likely N-dealkylation sites (tertiary alicyclic amines) is 1. The van der Waals surface area contributed by atoms with Crippen LogP contribution in [0.15, 0.2) is 47.4 Å². The first-order valence-electron chi connectivity index (χ1n) is 10.3. The molecule has 1 amide bonds. The highest BCUT2D eigenvalue weighted by Crippen LogP contribution is 2.16. The van der Waals surface area contributed by atoms with Gasteiger partial charge >= 0.3 is 0 Å². The molecule has 3 rings (SSSR count). The van der Waals surface area contributed by atoms with Gasteiger partial charge in [-0.3, -0.25) is 9.69 Å². The molecule has 1 aliphatic rings. The zero-order valence-corrected chi connectivity index (χ0v) is 18.0. The Labute approximate surface area is 177 Å². The van der Waals surface area contributed by atoms with Crippen LogP contribution in [0.25, 0.3) is 0 Å². The number of sulfonamides is 1. The summed E-state index contributed by atoms with van der Waals surface area (Å²) >= 11 is 0. The topological polar surface area (TPSA) is 78.5 Å². The van der Waals surface area contributed by atoms with Crippen molar-refractivity contribution in [1.29, 1.82) is 0 Å². The van der Waals surface area contributed by atoms with Crippen molar-refractivity contribution >= 4 is 15.9 Å². The van der Waals surface area contributed by atoms with Gasteiger partial charge in [0.1, 0.15) is 5.82 Å². The number of amides is 1. The van der Waals surface area contributed by atoms with E-state index in [1.807, 2.05) is 24.3 Å². The first kappa shape index (κ1) is 22.4. The molecular formula is C22H28FN3O3S. The van der Waals surface area contributed by atoms with Crippen molar-refractivity contribution < 1.29 is 17.6 Å². The van der Waals surface area contributed by atoms with E-state index in [1.54, 1.807) is 6.92 Å². The molecule has 2 N–H and O–H groups in total. The van der Waals surface area contributed by atoms with Crippen LogP contribution in [0, 0.1) is 5.82 Å². The number of hydrogen-bond donors (Lipinski definition) is 2. The summed E-state index contributed by atoms with van der Waals surface area (Å²) < 4.78 is 40.7. The number of halogens is 1. The molecule has 0 aliphatic carbocycles. The van der Waals surface area contributed by atoms with E-state index in [9.17, 15) is 17.6 Å². The third-order valence-electron chi connectivity index (χ3n) is 5.16. The van der Waals surface area contributed by atoms with E-state index < -0.39 is 21.7 Å². The van der Waals surface area contributed by atoms with Crippen molar-refractivity contribution in [3.8, 4) is 0 Å². The molecule has 0 bridgehead atoms. The number of hydrogen-bond acceptors (Lipinski definition) is 4. The number of rotatable bonds is 8. The van der Waals surface area contributed by atoms with Crippen LogP contribution in [0.3, 0.4) is 0 Å². The molecule has 2 aromatic carbocycles. The molecule has 30 heavy (non-hydrogen) atoms. The summed E-state index contributed by atoms with van der Waals surface area (Å²) in [6.07, 6.45) is 3.80. The summed E-state index contributed by atoms with van der Waals surface area (Å²) in [4.78, 5) is 14.7. The van der Waals surface area contributed by atoms with Gasteiger partial charge in [-0.1, -0.05) is 37.6 Å². The third kappa shape index (κ3) is 5.87. The number of benzene rings is 2. The SMILES string of the molecule is CCNS(=O)(=O)c1ccc(F)c(C(=O)NCc2ccc(CN3CCCCC3)cc2)c1. The average molecular weight is 434 g/mol. The first-order valence-corrected chi connectivity index (χ1v) is 11.7. The van der Waals surface area contributed by atoms with E-state index in [0.29, 0.717) is 0 Å². The maximum atomic E-state index is 14.1. The molecule has 8 heteroatoms. The second kappa shape index (κ2) is 10.1. The second-order valence-corrected chi connectivity index (χ2v) is 9.25. The molecule has 0 radical (unpaired) electrons. The number of carbonyl (C=O) groups is 1. The lowest BCUT2D eigenvalue weighted by Crippen LogP contribution is -2.29. The molecule has 1 fully saturated rings. The summed E-state index contributed by atoms with van der Waals surface area (Å²) in [5, 5.41) is 2.66. The Morgan fingerprint density at radius 3 is 2.37 bits per heavy atom. The lowest BCUT2D eigenvalue weighted by atomic mass is 10.1. The Morgan fingerprint density at radius 1 is 1.03 bits per heavy atom. The van der Waals surface area contributed by atoms with Crippen LogP contribution in [0.4, 0.5) is 4.39 Å². The maximum absolute atomic E-state index is 14.1. The minimum Gasteiger partial charge on any atom is -0.348 e. The molecule has 1 saturated heterocycles. The molecular weight excluding hydrogens is 405 g/mol. The highest BCUT2D eigenvalue weighted by atomic mass is 32.2. The van der Waals surface area contributed by atoms with E-state index in [-0.39, 0.29) is 23.5 Å². The molecule has 0 unspecified atom stereocenters. The fraction of sp³-hybridized carbons (Fsp3) is 0.409. The van der Waals surface area contributed by atoms with Crippen LogP contribution < -0.4 is 10.0 Å². The number of piperidine rings is 1. The van der Waals surface area contributed by atoms with Crippen molar-refractivity contribution in [2.45, 2.75) is 44.2 Å².